The van der Waals surface area contributed by atoms with Gasteiger partial charge >= 0.3 is 0 Å². The average Bonchev–Trinajstić information content (AvgIpc) is 2.60. The zero-order valence-electron chi connectivity index (χ0n) is 9.05. The van der Waals surface area contributed by atoms with Gasteiger partial charge in [-0.1, -0.05) is 0 Å². The quantitative estimate of drug-likeness (QED) is 0.740. The molecule has 1 aromatic rings. The molecular formula is C12H17NO. The molecule has 0 aliphatic rings. The molecule has 0 saturated heterocycles. The molecular weight excluding hydrogens is 174 g/mol. The minimum atomic E-state index is 0.356. The molecule has 0 spiro atoms. The molecule has 1 rings (SSSR count). The highest BCUT2D eigenvalue weighted by Crippen LogP contribution is 2.22. The van der Waals surface area contributed by atoms with Crippen LogP contribution in [0.5, 0.6) is 0 Å². The van der Waals surface area contributed by atoms with E-state index in [4.69, 9.17) is 4.42 Å². The van der Waals surface area contributed by atoms with Crippen molar-refractivity contribution in [2.75, 3.05) is 7.05 Å². The lowest BCUT2D eigenvalue weighted by molar-refractivity contribution is 0.504. The van der Waals surface area contributed by atoms with Crippen LogP contribution in [0, 0.1) is 18.8 Å². The number of rotatable bonds is 4. The predicted octanol–water partition coefficient (Wildman–Crippen LogP) is 2.65. The van der Waals surface area contributed by atoms with Crippen molar-refractivity contribution >= 4 is 0 Å². The third-order valence-electron chi connectivity index (χ3n) is 2.36. The zero-order valence-corrected chi connectivity index (χ0v) is 9.05. The summed E-state index contributed by atoms with van der Waals surface area (Å²) in [7, 11) is 1.97. The lowest BCUT2D eigenvalue weighted by Crippen LogP contribution is -2.16. The maximum atomic E-state index is 5.28. The van der Waals surface area contributed by atoms with Gasteiger partial charge in [0.1, 0.15) is 5.76 Å². The van der Waals surface area contributed by atoms with Gasteiger partial charge in [0, 0.05) is 18.0 Å². The minimum Gasteiger partial charge on any atom is -0.469 e. The molecule has 76 valence electrons. The van der Waals surface area contributed by atoms with Crippen LogP contribution in [-0.4, -0.2) is 7.05 Å². The first kappa shape index (κ1) is 10.9. The summed E-state index contributed by atoms with van der Waals surface area (Å²) in [4.78, 5) is 0. The van der Waals surface area contributed by atoms with E-state index < -0.39 is 0 Å². The van der Waals surface area contributed by atoms with Crippen LogP contribution < -0.4 is 5.32 Å². The Hall–Kier alpha value is -1.20. The molecule has 0 aliphatic heterocycles. The summed E-state index contributed by atoms with van der Waals surface area (Å²) in [5.74, 6) is 6.97. The third-order valence-corrected chi connectivity index (χ3v) is 2.36. The van der Waals surface area contributed by atoms with Crippen molar-refractivity contribution in [1.82, 2.24) is 5.32 Å². The summed E-state index contributed by atoms with van der Waals surface area (Å²) < 4.78 is 5.28. The van der Waals surface area contributed by atoms with Crippen LogP contribution >= 0.6 is 0 Å². The van der Waals surface area contributed by atoms with E-state index in [0.717, 1.165) is 18.6 Å². The van der Waals surface area contributed by atoms with Gasteiger partial charge in [0.05, 0.1) is 6.26 Å². The minimum absolute atomic E-state index is 0.356. The van der Waals surface area contributed by atoms with Gasteiger partial charge in [0.25, 0.3) is 0 Å². The highest BCUT2D eigenvalue weighted by atomic mass is 16.3. The Kier molecular flexibility index (Phi) is 4.28. The molecule has 14 heavy (non-hydrogen) atoms. The maximum absolute atomic E-state index is 5.28. The Morgan fingerprint density at radius 2 is 2.36 bits per heavy atom. The Morgan fingerprint density at radius 1 is 1.57 bits per heavy atom. The Morgan fingerprint density at radius 3 is 2.86 bits per heavy atom. The van der Waals surface area contributed by atoms with Gasteiger partial charge < -0.3 is 9.73 Å². The summed E-state index contributed by atoms with van der Waals surface area (Å²) in [6.45, 7) is 3.86. The van der Waals surface area contributed by atoms with Crippen molar-refractivity contribution in [3.05, 3.63) is 23.7 Å². The summed E-state index contributed by atoms with van der Waals surface area (Å²) >= 11 is 0. The number of nitrogens with one attached hydrogen (secondary N) is 1. The van der Waals surface area contributed by atoms with E-state index in [-0.39, 0.29) is 0 Å². The van der Waals surface area contributed by atoms with Gasteiger partial charge in [0.15, 0.2) is 0 Å². The lowest BCUT2D eigenvalue weighted by Gasteiger charge is -2.13. The van der Waals surface area contributed by atoms with Gasteiger partial charge in [0.2, 0.25) is 0 Å². The second-order valence-corrected chi connectivity index (χ2v) is 3.24. The first-order valence-corrected chi connectivity index (χ1v) is 4.90. The molecule has 0 saturated carbocycles. The molecule has 0 aliphatic carbocycles. The molecule has 0 amide bonds. The summed E-state index contributed by atoms with van der Waals surface area (Å²) in [6.07, 6.45) is 3.69. The molecule has 2 heteroatoms. The first-order chi connectivity index (χ1) is 6.79. The van der Waals surface area contributed by atoms with E-state index >= 15 is 0 Å². The van der Waals surface area contributed by atoms with Gasteiger partial charge in [-0.05, 0) is 33.4 Å². The van der Waals surface area contributed by atoms with E-state index in [1.807, 2.05) is 27.0 Å². The number of hydrogen-bond donors (Lipinski definition) is 1. The SMILES string of the molecule is CC#CCCC(NC)c1ccoc1C. The molecule has 0 bridgehead atoms. The van der Waals surface area contributed by atoms with Crippen LogP contribution in [0.15, 0.2) is 16.7 Å². The topological polar surface area (TPSA) is 25.2 Å². The van der Waals surface area contributed by atoms with E-state index in [2.05, 4.69) is 17.2 Å². The Labute approximate surface area is 85.7 Å². The average molecular weight is 191 g/mol. The number of furan rings is 1. The van der Waals surface area contributed by atoms with Gasteiger partial charge in [-0.25, -0.2) is 0 Å². The predicted molar refractivity (Wildman–Crippen MR) is 57.9 cm³/mol. The van der Waals surface area contributed by atoms with Crippen molar-refractivity contribution in [2.45, 2.75) is 32.7 Å². The van der Waals surface area contributed by atoms with Gasteiger partial charge in [-0.2, -0.15) is 0 Å². The molecule has 1 unspecified atom stereocenters. The molecule has 1 atom stereocenters. The summed E-state index contributed by atoms with van der Waals surface area (Å²) in [5.41, 5.74) is 1.24. The third kappa shape index (κ3) is 2.65. The van der Waals surface area contributed by atoms with Crippen LogP contribution in [0.1, 0.15) is 37.1 Å². The monoisotopic (exact) mass is 191 g/mol. The van der Waals surface area contributed by atoms with Crippen molar-refractivity contribution in [2.24, 2.45) is 0 Å². The van der Waals surface area contributed by atoms with Crippen molar-refractivity contribution in [3.8, 4) is 11.8 Å². The smallest absolute Gasteiger partial charge is 0.105 e. The van der Waals surface area contributed by atoms with Crippen molar-refractivity contribution in [1.29, 1.82) is 0 Å². The number of aryl methyl sites for hydroxylation is 1. The normalized spacial score (nSPS) is 11.9. The molecule has 0 fully saturated rings. The van der Waals surface area contributed by atoms with E-state index in [9.17, 15) is 0 Å². The van der Waals surface area contributed by atoms with E-state index in [1.54, 1.807) is 6.26 Å². The first-order valence-electron chi connectivity index (χ1n) is 4.90. The highest BCUT2D eigenvalue weighted by molar-refractivity contribution is 5.20. The Bertz CT molecular complexity index is 330. The molecule has 1 heterocycles. The van der Waals surface area contributed by atoms with Crippen LogP contribution in [0.25, 0.3) is 0 Å². The van der Waals surface area contributed by atoms with Crippen LogP contribution in [0.4, 0.5) is 0 Å². The van der Waals surface area contributed by atoms with Crippen LogP contribution in [0.2, 0.25) is 0 Å². The van der Waals surface area contributed by atoms with E-state index in [1.165, 1.54) is 5.56 Å². The second kappa shape index (κ2) is 5.51. The number of hydrogen-bond acceptors (Lipinski definition) is 2. The van der Waals surface area contributed by atoms with Crippen molar-refractivity contribution < 1.29 is 4.42 Å². The summed E-state index contributed by atoms with van der Waals surface area (Å²) in [6, 6.07) is 2.38. The summed E-state index contributed by atoms with van der Waals surface area (Å²) in [5, 5.41) is 3.28. The van der Waals surface area contributed by atoms with Gasteiger partial charge in [-0.3, -0.25) is 0 Å². The van der Waals surface area contributed by atoms with Crippen LogP contribution in [0.3, 0.4) is 0 Å². The molecule has 1 aromatic heterocycles. The highest BCUT2D eigenvalue weighted by Gasteiger charge is 2.12. The van der Waals surface area contributed by atoms with E-state index in [0.29, 0.717) is 6.04 Å². The van der Waals surface area contributed by atoms with Gasteiger partial charge in [-0.15, -0.1) is 11.8 Å². The molecule has 0 radical (unpaired) electrons. The zero-order chi connectivity index (χ0) is 10.4. The molecule has 0 aromatic carbocycles. The standard InChI is InChI=1S/C12H17NO/c1-4-5-6-7-12(13-3)11-8-9-14-10(11)2/h8-9,12-13H,6-7H2,1-3H3. The van der Waals surface area contributed by atoms with Crippen molar-refractivity contribution in [3.63, 3.8) is 0 Å². The Balaban J connectivity index is 2.61. The lowest BCUT2D eigenvalue weighted by atomic mass is 10.0. The largest absolute Gasteiger partial charge is 0.469 e. The fourth-order valence-electron chi connectivity index (χ4n) is 1.55. The fraction of sp³-hybridized carbons (Fsp3) is 0.500. The van der Waals surface area contributed by atoms with Crippen LogP contribution in [-0.2, 0) is 0 Å². The maximum Gasteiger partial charge on any atom is 0.105 e. The fourth-order valence-corrected chi connectivity index (χ4v) is 1.55. The second-order valence-electron chi connectivity index (χ2n) is 3.24. The molecule has 1 N–H and O–H groups in total. The molecule has 2 nitrogen and oxygen atoms in total.